The van der Waals surface area contributed by atoms with Crippen LogP contribution in [0, 0.1) is 0 Å². The molecule has 0 saturated heterocycles. The van der Waals surface area contributed by atoms with Crippen LogP contribution in [0.2, 0.25) is 0 Å². The average molecular weight is 149 g/mol. The van der Waals surface area contributed by atoms with Gasteiger partial charge in [0.05, 0.1) is 0 Å². The molecule has 1 amide bonds. The van der Waals surface area contributed by atoms with Crippen molar-refractivity contribution in [3.05, 3.63) is 30.1 Å². The van der Waals surface area contributed by atoms with E-state index in [9.17, 15) is 4.79 Å². The fourth-order valence-electron chi connectivity index (χ4n) is 0.794. The van der Waals surface area contributed by atoms with E-state index >= 15 is 0 Å². The van der Waals surface area contributed by atoms with E-state index in [2.05, 4.69) is 4.98 Å². The number of pyridine rings is 1. The summed E-state index contributed by atoms with van der Waals surface area (Å²) >= 11 is 0. The summed E-state index contributed by atoms with van der Waals surface area (Å²) in [7, 11) is 1.69. The Morgan fingerprint density at radius 1 is 1.55 bits per heavy atom. The van der Waals surface area contributed by atoms with E-state index in [1.165, 1.54) is 4.90 Å². The molecule has 0 aliphatic heterocycles. The molecule has 0 atom stereocenters. The summed E-state index contributed by atoms with van der Waals surface area (Å²) in [4.78, 5) is 15.4. The molecule has 3 nitrogen and oxygen atoms in total. The lowest BCUT2D eigenvalue weighted by Crippen LogP contribution is -2.14. The van der Waals surface area contributed by atoms with E-state index < -0.39 is 0 Å². The van der Waals surface area contributed by atoms with Gasteiger partial charge in [-0.05, 0) is 17.7 Å². The maximum atomic E-state index is 10.1. The fourth-order valence-corrected chi connectivity index (χ4v) is 0.794. The molecule has 0 N–H and O–H groups in total. The van der Waals surface area contributed by atoms with Gasteiger partial charge in [-0.2, -0.15) is 0 Å². The highest BCUT2D eigenvalue weighted by Crippen LogP contribution is 1.98. The predicted octanol–water partition coefficient (Wildman–Crippen LogP) is 0.581. The summed E-state index contributed by atoms with van der Waals surface area (Å²) in [5.41, 5.74) is 1.06. The summed E-state index contributed by atoms with van der Waals surface area (Å²) < 4.78 is 0. The van der Waals surface area contributed by atoms with Crippen molar-refractivity contribution in [2.45, 2.75) is 6.54 Å². The van der Waals surface area contributed by atoms with Gasteiger partial charge in [-0.1, -0.05) is 0 Å². The number of rotatable bonds is 3. The zero-order valence-corrected chi connectivity index (χ0v) is 6.32. The summed E-state index contributed by atoms with van der Waals surface area (Å²) in [6.45, 7) is 0.589. The highest BCUT2D eigenvalue weighted by atomic mass is 16.1. The Kier molecular flexibility index (Phi) is 2.60. The zero-order chi connectivity index (χ0) is 8.10. The summed E-state index contributed by atoms with van der Waals surface area (Å²) in [6.07, 6.45) is 5.18. The second-order valence-corrected chi connectivity index (χ2v) is 2.30. The molecule has 1 aromatic rings. The summed E-state index contributed by atoms with van der Waals surface area (Å²) in [6, 6.07) is 3.74. The topological polar surface area (TPSA) is 33.2 Å². The molecule has 1 aromatic heterocycles. The molecule has 0 aromatic carbocycles. The van der Waals surface area contributed by atoms with E-state index in [0.29, 0.717) is 6.54 Å². The van der Waals surface area contributed by atoms with Gasteiger partial charge in [-0.3, -0.25) is 9.78 Å². The second-order valence-electron chi connectivity index (χ2n) is 2.30. The molecule has 1 radical (unpaired) electrons. The van der Waals surface area contributed by atoms with Gasteiger partial charge in [0.15, 0.2) is 0 Å². The van der Waals surface area contributed by atoms with Crippen molar-refractivity contribution in [3.8, 4) is 0 Å². The minimum Gasteiger partial charge on any atom is -0.333 e. The van der Waals surface area contributed by atoms with Gasteiger partial charge in [0, 0.05) is 26.0 Å². The number of hydrogen-bond acceptors (Lipinski definition) is 2. The molecule has 3 heteroatoms. The summed E-state index contributed by atoms with van der Waals surface area (Å²) in [5, 5.41) is 0. The van der Waals surface area contributed by atoms with Crippen LogP contribution in [0.4, 0.5) is 0 Å². The molecule has 0 saturated carbocycles. The fraction of sp³-hybridized carbons (Fsp3) is 0.250. The maximum absolute atomic E-state index is 10.1. The number of amides is 1. The monoisotopic (exact) mass is 149 g/mol. The van der Waals surface area contributed by atoms with Gasteiger partial charge in [-0.25, -0.2) is 0 Å². The molecule has 0 bridgehead atoms. The Labute approximate surface area is 65.7 Å². The first-order chi connectivity index (χ1) is 5.33. The Balaban J connectivity index is 2.57. The minimum atomic E-state index is 0.589. The van der Waals surface area contributed by atoms with Gasteiger partial charge in [0.1, 0.15) is 0 Å². The molecule has 0 spiro atoms. The summed E-state index contributed by atoms with van der Waals surface area (Å²) in [5.74, 6) is 0. The first kappa shape index (κ1) is 7.72. The zero-order valence-electron chi connectivity index (χ0n) is 6.32. The van der Waals surface area contributed by atoms with E-state index in [-0.39, 0.29) is 0 Å². The van der Waals surface area contributed by atoms with Crippen LogP contribution in [0.3, 0.4) is 0 Å². The third kappa shape index (κ3) is 2.37. The molecule has 57 valence electrons. The molecule has 1 rings (SSSR count). The molecular formula is C8H9N2O. The Morgan fingerprint density at radius 3 is 2.73 bits per heavy atom. The van der Waals surface area contributed by atoms with Gasteiger partial charge >= 0.3 is 6.41 Å². The lowest BCUT2D eigenvalue weighted by atomic mass is 10.3. The Morgan fingerprint density at radius 2 is 2.18 bits per heavy atom. The third-order valence-electron chi connectivity index (χ3n) is 1.32. The van der Waals surface area contributed by atoms with Gasteiger partial charge < -0.3 is 4.90 Å². The molecule has 1 heterocycles. The van der Waals surface area contributed by atoms with Crippen molar-refractivity contribution in [1.29, 1.82) is 0 Å². The number of nitrogens with zero attached hydrogens (tertiary/aromatic N) is 2. The van der Waals surface area contributed by atoms with E-state index in [0.717, 1.165) is 5.56 Å². The highest BCUT2D eigenvalue weighted by Gasteiger charge is 1.95. The van der Waals surface area contributed by atoms with Gasteiger partial charge in [0.2, 0.25) is 0 Å². The van der Waals surface area contributed by atoms with Crippen molar-refractivity contribution in [2.75, 3.05) is 7.05 Å². The second kappa shape index (κ2) is 3.71. The largest absolute Gasteiger partial charge is 0.333 e. The molecule has 0 unspecified atom stereocenters. The van der Waals surface area contributed by atoms with Crippen LogP contribution in [-0.4, -0.2) is 23.3 Å². The first-order valence-corrected chi connectivity index (χ1v) is 3.31. The number of aromatic nitrogens is 1. The third-order valence-corrected chi connectivity index (χ3v) is 1.32. The standard InChI is InChI=1S/C8H9N2O/c1-10(7-11)6-8-2-4-9-5-3-8/h2-5H,6H2,1H3. The van der Waals surface area contributed by atoms with Crippen LogP contribution in [0.25, 0.3) is 0 Å². The maximum Gasteiger partial charge on any atom is 0.312 e. The molecule has 0 fully saturated rings. The molecule has 11 heavy (non-hydrogen) atoms. The SMILES string of the molecule is CN([C]=O)Cc1ccncc1. The Bertz CT molecular complexity index is 223. The van der Waals surface area contributed by atoms with Gasteiger partial charge in [-0.15, -0.1) is 0 Å². The van der Waals surface area contributed by atoms with Crippen molar-refractivity contribution < 1.29 is 4.79 Å². The van der Waals surface area contributed by atoms with E-state index in [4.69, 9.17) is 0 Å². The van der Waals surface area contributed by atoms with Crippen molar-refractivity contribution in [2.24, 2.45) is 0 Å². The molecule has 0 aliphatic rings. The lowest BCUT2D eigenvalue weighted by molar-refractivity contribution is 0.430. The Hall–Kier alpha value is -1.38. The predicted molar refractivity (Wildman–Crippen MR) is 41.4 cm³/mol. The molecule has 0 aliphatic carbocycles. The minimum absolute atomic E-state index is 0.589. The molecular weight excluding hydrogens is 140 g/mol. The van der Waals surface area contributed by atoms with Crippen molar-refractivity contribution in [3.63, 3.8) is 0 Å². The van der Waals surface area contributed by atoms with Gasteiger partial charge in [0.25, 0.3) is 0 Å². The van der Waals surface area contributed by atoms with Crippen LogP contribution in [0.15, 0.2) is 24.5 Å². The van der Waals surface area contributed by atoms with Crippen LogP contribution in [0.5, 0.6) is 0 Å². The highest BCUT2D eigenvalue weighted by molar-refractivity contribution is 5.47. The smallest absolute Gasteiger partial charge is 0.312 e. The van der Waals surface area contributed by atoms with Crippen LogP contribution < -0.4 is 0 Å². The number of carbonyl (C=O) groups excluding carboxylic acids is 1. The van der Waals surface area contributed by atoms with Crippen LogP contribution in [0.1, 0.15) is 5.56 Å². The van der Waals surface area contributed by atoms with Crippen molar-refractivity contribution in [1.82, 2.24) is 9.88 Å². The normalized spacial score (nSPS) is 9.18. The quantitative estimate of drug-likeness (QED) is 0.589. The van der Waals surface area contributed by atoms with Crippen molar-refractivity contribution >= 4 is 6.41 Å². The lowest BCUT2D eigenvalue weighted by Gasteiger charge is -2.07. The van der Waals surface area contributed by atoms with Crippen LogP contribution >= 0.6 is 0 Å². The average Bonchev–Trinajstić information content (AvgIpc) is 2.06. The van der Waals surface area contributed by atoms with E-state index in [1.807, 2.05) is 12.1 Å². The first-order valence-electron chi connectivity index (χ1n) is 3.31. The van der Waals surface area contributed by atoms with Crippen LogP contribution in [-0.2, 0) is 11.3 Å². The number of hydrogen-bond donors (Lipinski definition) is 0. The van der Waals surface area contributed by atoms with E-state index in [1.54, 1.807) is 25.9 Å².